The predicted molar refractivity (Wildman–Crippen MR) is 145 cm³/mol. The van der Waals surface area contributed by atoms with Gasteiger partial charge in [-0.3, -0.25) is 9.59 Å². The van der Waals surface area contributed by atoms with Gasteiger partial charge in [-0.25, -0.2) is 9.59 Å². The molecule has 67 heavy (non-hydrogen) atoms. The van der Waals surface area contributed by atoms with E-state index >= 15 is 17.6 Å². The van der Waals surface area contributed by atoms with Gasteiger partial charge in [0.25, 0.3) is 5.91 Å². The van der Waals surface area contributed by atoms with E-state index in [4.69, 9.17) is 0 Å². The number of alkyl halides is 31. The largest absolute Gasteiger partial charge is 0.460 e. The summed E-state index contributed by atoms with van der Waals surface area (Å²) >= 11 is 0. The molecule has 0 aliphatic carbocycles. The standard InChI is InChI=1S/C28H10F31N3O5/c1-7-10(60-4-63)3-9(13(66)62-6-67-8(2)65)11(12(7)61-5-64)14(29,30)15(31,32)16(33,34)17(35,36)18(37,38)19(39,40)20(41,42)21(43,44)22(45,46)23(47,48)24(49,50)25(51,52)26(53,54)27(55,56)28(57,58)59/h3H,6H2,1-2H3,(H,62,66). The van der Waals surface area contributed by atoms with Crippen LogP contribution in [-0.2, 0) is 25.0 Å². The summed E-state index contributed by atoms with van der Waals surface area (Å²) in [6.45, 7) is -1.07. The highest BCUT2D eigenvalue weighted by Crippen LogP contribution is 2.70. The van der Waals surface area contributed by atoms with E-state index in [0.29, 0.717) is 13.0 Å². The molecule has 0 saturated heterocycles. The van der Waals surface area contributed by atoms with E-state index in [0.717, 1.165) is 5.32 Å². The number of nitrogens with one attached hydrogen (secondary N) is 1. The molecule has 0 aromatic heterocycles. The molecule has 1 N–H and O–H groups in total. The normalized spacial score (nSPS) is 15.1. The van der Waals surface area contributed by atoms with Crippen LogP contribution in [0.4, 0.5) is 147 Å². The maximum atomic E-state index is 15.6. The van der Waals surface area contributed by atoms with Crippen LogP contribution < -0.4 is 5.32 Å². The third kappa shape index (κ3) is 7.92. The van der Waals surface area contributed by atoms with E-state index in [1.54, 1.807) is 0 Å². The number of halogens is 31. The molecule has 384 valence electrons. The van der Waals surface area contributed by atoms with Crippen molar-refractivity contribution in [3.05, 3.63) is 22.8 Å². The lowest BCUT2D eigenvalue weighted by atomic mass is 9.82. The van der Waals surface area contributed by atoms with Crippen molar-refractivity contribution in [3.63, 3.8) is 0 Å². The number of carbonyl (C=O) groups excluding carboxylic acids is 4. The number of hydrogen-bond acceptors (Lipinski definition) is 7. The van der Waals surface area contributed by atoms with E-state index < -0.39 is 142 Å². The van der Waals surface area contributed by atoms with Gasteiger partial charge in [-0.1, -0.05) is 0 Å². The minimum atomic E-state index is -10.3. The zero-order valence-corrected chi connectivity index (χ0v) is 30.4. The molecule has 0 aliphatic rings. The van der Waals surface area contributed by atoms with Gasteiger partial charge in [0.1, 0.15) is 0 Å². The minimum absolute atomic E-state index is 0.114. The number of hydrogen-bond donors (Lipinski definition) is 1. The molecule has 0 fully saturated rings. The number of ether oxygens (including phenoxy) is 1. The van der Waals surface area contributed by atoms with Crippen molar-refractivity contribution in [2.45, 2.75) is 103 Å². The fourth-order valence-electron chi connectivity index (χ4n) is 4.60. The lowest BCUT2D eigenvalue weighted by molar-refractivity contribution is -0.489. The number of benzene rings is 1. The summed E-state index contributed by atoms with van der Waals surface area (Å²) in [5.41, 5.74) is -11.8. The summed E-state index contributed by atoms with van der Waals surface area (Å²) in [5, 5.41) is 1.09. The smallest absolute Gasteiger partial charge is 0.445 e. The Morgan fingerprint density at radius 1 is 0.493 bits per heavy atom. The van der Waals surface area contributed by atoms with Gasteiger partial charge >= 0.3 is 95.1 Å². The third-order valence-electron chi connectivity index (χ3n) is 8.40. The average molecular weight is 1060 g/mol. The van der Waals surface area contributed by atoms with Gasteiger partial charge in [-0.05, 0) is 13.0 Å². The number of amides is 1. The van der Waals surface area contributed by atoms with Crippen LogP contribution in [0.5, 0.6) is 0 Å². The number of isocyanates is 2. The van der Waals surface area contributed by atoms with Crippen LogP contribution in [0.1, 0.15) is 28.4 Å². The Morgan fingerprint density at radius 2 is 0.776 bits per heavy atom. The SMILES string of the molecule is CC(=O)OCNC(=O)c1cc(N=C=O)c(C)c(N=C=O)c1C(F)(F)C(F)(F)C(F)(F)C(F)(F)C(F)(F)C(F)(F)C(F)(F)C(F)(F)C(F)(F)C(F)(F)C(F)(F)C(F)(F)C(F)(F)C(F)(F)C(F)(F)F. The van der Waals surface area contributed by atoms with Crippen LogP contribution in [0.3, 0.4) is 0 Å². The van der Waals surface area contributed by atoms with Gasteiger partial charge in [0.2, 0.25) is 12.2 Å². The molecule has 39 heteroatoms. The summed E-state index contributed by atoms with van der Waals surface area (Å²) in [6.07, 6.45) is -7.80. The second-order valence-electron chi connectivity index (χ2n) is 12.5. The zero-order valence-electron chi connectivity index (χ0n) is 30.4. The maximum Gasteiger partial charge on any atom is 0.460 e. The molecule has 0 radical (unpaired) electrons. The van der Waals surface area contributed by atoms with Gasteiger partial charge < -0.3 is 10.1 Å². The third-order valence-corrected chi connectivity index (χ3v) is 8.40. The van der Waals surface area contributed by atoms with E-state index in [9.17, 15) is 138 Å². The van der Waals surface area contributed by atoms with Crippen molar-refractivity contribution in [1.82, 2.24) is 5.32 Å². The molecule has 1 aromatic carbocycles. The molecular weight excluding hydrogens is 1050 g/mol. The molecule has 0 heterocycles. The van der Waals surface area contributed by atoms with E-state index in [1.807, 2.05) is 0 Å². The minimum Gasteiger partial charge on any atom is -0.445 e. The second kappa shape index (κ2) is 16.8. The number of esters is 1. The Morgan fingerprint density at radius 3 is 1.04 bits per heavy atom. The van der Waals surface area contributed by atoms with Gasteiger partial charge in [0.05, 0.1) is 22.5 Å². The Labute approximate surface area is 344 Å². The topological polar surface area (TPSA) is 114 Å². The lowest BCUT2D eigenvalue weighted by Crippen LogP contribution is -2.79. The van der Waals surface area contributed by atoms with Crippen LogP contribution >= 0.6 is 0 Å². The quantitative estimate of drug-likeness (QED) is 0.0487. The van der Waals surface area contributed by atoms with Crippen LogP contribution in [0, 0.1) is 6.92 Å². The molecule has 8 nitrogen and oxygen atoms in total. The number of aliphatic imine (C=N–C) groups is 2. The molecule has 1 amide bonds. The Hall–Kier alpha value is -5.25. The predicted octanol–water partition coefficient (Wildman–Crippen LogP) is 11.1. The highest BCUT2D eigenvalue weighted by molar-refractivity contribution is 5.99. The van der Waals surface area contributed by atoms with Crippen molar-refractivity contribution in [2.24, 2.45) is 9.98 Å². The Kier molecular flexibility index (Phi) is 15.0. The van der Waals surface area contributed by atoms with Gasteiger partial charge in [0, 0.05) is 12.5 Å². The average Bonchev–Trinajstić information content (AvgIpc) is 3.14. The Balaban J connectivity index is 4.32. The van der Waals surface area contributed by atoms with Crippen molar-refractivity contribution in [1.29, 1.82) is 0 Å². The fraction of sp³-hybridized carbons (Fsp3) is 0.643. The molecule has 0 bridgehead atoms. The lowest BCUT2D eigenvalue weighted by Gasteiger charge is -2.46. The maximum absolute atomic E-state index is 15.6. The highest BCUT2D eigenvalue weighted by Gasteiger charge is 3.01. The molecule has 0 saturated carbocycles. The van der Waals surface area contributed by atoms with Crippen molar-refractivity contribution < 1.29 is 160 Å². The second-order valence-corrected chi connectivity index (χ2v) is 12.5. The van der Waals surface area contributed by atoms with Crippen LogP contribution in [0.2, 0.25) is 0 Å². The van der Waals surface area contributed by atoms with Crippen molar-refractivity contribution in [2.75, 3.05) is 6.73 Å². The van der Waals surface area contributed by atoms with Crippen molar-refractivity contribution in [3.8, 4) is 0 Å². The summed E-state index contributed by atoms with van der Waals surface area (Å²) in [6, 6.07) is -0.521. The molecule has 1 rings (SSSR count). The molecule has 0 aliphatic heterocycles. The Bertz CT molecular complexity index is 2190. The van der Waals surface area contributed by atoms with E-state index in [2.05, 4.69) is 14.7 Å². The van der Waals surface area contributed by atoms with E-state index in [-0.39, 0.29) is 13.0 Å². The van der Waals surface area contributed by atoms with Gasteiger partial charge in [0.15, 0.2) is 6.73 Å². The van der Waals surface area contributed by atoms with Crippen LogP contribution in [0.25, 0.3) is 0 Å². The molecular formula is C28H10F31N3O5. The monoisotopic (exact) mass is 1060 g/mol. The first kappa shape index (κ1) is 59.8. The fourth-order valence-corrected chi connectivity index (χ4v) is 4.60. The molecule has 1 aromatic rings. The zero-order chi connectivity index (χ0) is 54.2. The first-order valence-corrected chi connectivity index (χ1v) is 15.2. The number of rotatable bonds is 19. The first-order chi connectivity index (χ1) is 29.1. The van der Waals surface area contributed by atoms with Gasteiger partial charge in [-0.15, -0.1) is 0 Å². The van der Waals surface area contributed by atoms with Crippen molar-refractivity contribution >= 4 is 35.4 Å². The molecule has 0 unspecified atom stereocenters. The molecule has 0 atom stereocenters. The number of nitrogens with zero attached hydrogens (tertiary/aromatic N) is 2. The summed E-state index contributed by atoms with van der Waals surface area (Å²) in [5.74, 6) is -139. The van der Waals surface area contributed by atoms with E-state index in [1.165, 1.54) is 0 Å². The summed E-state index contributed by atoms with van der Waals surface area (Å²) in [4.78, 5) is 49.9. The van der Waals surface area contributed by atoms with Crippen LogP contribution in [-0.4, -0.2) is 114 Å². The van der Waals surface area contributed by atoms with Gasteiger partial charge in [-0.2, -0.15) is 146 Å². The summed E-state index contributed by atoms with van der Waals surface area (Å²) in [7, 11) is 0. The summed E-state index contributed by atoms with van der Waals surface area (Å²) < 4.78 is 441. The first-order valence-electron chi connectivity index (χ1n) is 15.2. The van der Waals surface area contributed by atoms with Crippen LogP contribution in [0.15, 0.2) is 16.1 Å². The highest BCUT2D eigenvalue weighted by atomic mass is 19.4. The number of carbonyl (C=O) groups is 2. The molecule has 0 spiro atoms.